The highest BCUT2D eigenvalue weighted by Gasteiger charge is 2.42. The van der Waals surface area contributed by atoms with E-state index in [0.29, 0.717) is 0 Å². The summed E-state index contributed by atoms with van der Waals surface area (Å²) in [7, 11) is 0. The van der Waals surface area contributed by atoms with E-state index in [9.17, 15) is 0 Å². The topological polar surface area (TPSA) is 18.5 Å². The van der Waals surface area contributed by atoms with Crippen LogP contribution in [0, 0.1) is 0 Å². The van der Waals surface area contributed by atoms with Gasteiger partial charge in [0.25, 0.3) is 0 Å². The van der Waals surface area contributed by atoms with E-state index in [2.05, 4.69) is 29.0 Å². The lowest BCUT2D eigenvalue weighted by Crippen LogP contribution is -2.54. The third-order valence-corrected chi connectivity index (χ3v) is 5.51. The van der Waals surface area contributed by atoms with Gasteiger partial charge in [-0.3, -0.25) is 4.90 Å². The van der Waals surface area contributed by atoms with E-state index < -0.39 is 0 Å². The Kier molecular flexibility index (Phi) is 4.45. The van der Waals surface area contributed by atoms with Gasteiger partial charge in [0, 0.05) is 30.7 Å². The molecule has 0 saturated carbocycles. The van der Waals surface area contributed by atoms with Gasteiger partial charge in [0.05, 0.1) is 0 Å². The molecule has 0 aromatic carbocycles. The molecular weight excluding hydrogens is 234 g/mol. The van der Waals surface area contributed by atoms with Gasteiger partial charge in [-0.2, -0.15) is 0 Å². The Morgan fingerprint density at radius 1 is 1.11 bits per heavy atom. The highest BCUT2D eigenvalue weighted by molar-refractivity contribution is 4.99. The molecule has 3 rings (SSSR count). The van der Waals surface area contributed by atoms with Gasteiger partial charge in [-0.05, 0) is 65.1 Å². The van der Waals surface area contributed by atoms with Crippen molar-refractivity contribution < 1.29 is 0 Å². The van der Waals surface area contributed by atoms with Crippen molar-refractivity contribution in [2.24, 2.45) is 0 Å². The van der Waals surface area contributed by atoms with Crippen molar-refractivity contribution in [3.05, 3.63) is 0 Å². The minimum absolute atomic E-state index is 0.762. The van der Waals surface area contributed by atoms with Crippen LogP contribution in [-0.4, -0.2) is 60.1 Å². The van der Waals surface area contributed by atoms with Crippen LogP contribution in [0.15, 0.2) is 0 Å². The summed E-state index contributed by atoms with van der Waals surface area (Å²) in [6.45, 7) is 9.83. The zero-order chi connectivity index (χ0) is 13.2. The molecule has 3 nitrogen and oxygen atoms in total. The van der Waals surface area contributed by atoms with Crippen molar-refractivity contribution >= 4 is 0 Å². The molecule has 0 spiro atoms. The van der Waals surface area contributed by atoms with Crippen molar-refractivity contribution in [3.8, 4) is 0 Å². The standard InChI is InChI=1S/C16H31N3/c1-3-17-14-10-15-6-7-16(11-14)19(15)13(2)12-18-8-4-5-9-18/h13-17H,3-12H2,1-2H3. The highest BCUT2D eigenvalue weighted by Crippen LogP contribution is 2.37. The van der Waals surface area contributed by atoms with Crippen LogP contribution >= 0.6 is 0 Å². The average molecular weight is 265 g/mol. The van der Waals surface area contributed by atoms with E-state index in [1.54, 1.807) is 0 Å². The van der Waals surface area contributed by atoms with Gasteiger partial charge in [-0.15, -0.1) is 0 Å². The monoisotopic (exact) mass is 265 g/mol. The lowest BCUT2D eigenvalue weighted by molar-refractivity contribution is 0.0613. The zero-order valence-corrected chi connectivity index (χ0v) is 12.8. The van der Waals surface area contributed by atoms with Crippen molar-refractivity contribution in [2.45, 2.75) is 76.5 Å². The van der Waals surface area contributed by atoms with E-state index in [4.69, 9.17) is 0 Å². The average Bonchev–Trinajstić information content (AvgIpc) is 2.97. The van der Waals surface area contributed by atoms with Gasteiger partial charge in [-0.1, -0.05) is 6.92 Å². The van der Waals surface area contributed by atoms with Gasteiger partial charge >= 0.3 is 0 Å². The highest BCUT2D eigenvalue weighted by atomic mass is 15.3. The molecule has 0 radical (unpaired) electrons. The molecule has 3 heterocycles. The Labute approximate surface area is 118 Å². The Bertz CT molecular complexity index is 274. The normalized spacial score (nSPS) is 37.9. The lowest BCUT2D eigenvalue weighted by atomic mass is 9.95. The predicted molar refractivity (Wildman–Crippen MR) is 80.5 cm³/mol. The van der Waals surface area contributed by atoms with E-state index in [-0.39, 0.29) is 0 Å². The predicted octanol–water partition coefficient (Wildman–Crippen LogP) is 2.08. The number of fused-ring (bicyclic) bond motifs is 2. The molecule has 3 aliphatic rings. The first-order valence-electron chi connectivity index (χ1n) is 8.51. The number of likely N-dealkylation sites (tertiary alicyclic amines) is 1. The Morgan fingerprint density at radius 2 is 1.74 bits per heavy atom. The number of nitrogens with one attached hydrogen (secondary N) is 1. The summed E-state index contributed by atoms with van der Waals surface area (Å²) in [5.74, 6) is 0. The molecule has 3 atom stereocenters. The quantitative estimate of drug-likeness (QED) is 0.821. The van der Waals surface area contributed by atoms with Gasteiger partial charge < -0.3 is 10.2 Å². The van der Waals surface area contributed by atoms with Crippen LogP contribution in [0.2, 0.25) is 0 Å². The van der Waals surface area contributed by atoms with Crippen LogP contribution in [-0.2, 0) is 0 Å². The number of hydrogen-bond donors (Lipinski definition) is 1. The first kappa shape index (κ1) is 13.8. The zero-order valence-electron chi connectivity index (χ0n) is 12.8. The Morgan fingerprint density at radius 3 is 2.32 bits per heavy atom. The molecule has 0 amide bonds. The van der Waals surface area contributed by atoms with Crippen LogP contribution in [0.3, 0.4) is 0 Å². The van der Waals surface area contributed by atoms with Crippen LogP contribution < -0.4 is 5.32 Å². The van der Waals surface area contributed by atoms with Gasteiger partial charge in [-0.25, -0.2) is 0 Å². The second kappa shape index (κ2) is 6.11. The summed E-state index contributed by atoms with van der Waals surface area (Å²) in [6, 6.07) is 3.27. The fourth-order valence-electron chi connectivity index (χ4n) is 4.82. The van der Waals surface area contributed by atoms with Crippen LogP contribution in [0.4, 0.5) is 0 Å². The van der Waals surface area contributed by atoms with Crippen molar-refractivity contribution in [3.63, 3.8) is 0 Å². The minimum atomic E-state index is 0.762. The third kappa shape index (κ3) is 2.98. The summed E-state index contributed by atoms with van der Waals surface area (Å²) < 4.78 is 0. The molecule has 3 saturated heterocycles. The van der Waals surface area contributed by atoms with E-state index in [0.717, 1.165) is 30.7 Å². The number of hydrogen-bond acceptors (Lipinski definition) is 3. The molecule has 3 aliphatic heterocycles. The summed E-state index contributed by atoms with van der Waals surface area (Å²) >= 11 is 0. The summed E-state index contributed by atoms with van der Waals surface area (Å²) in [5.41, 5.74) is 0. The number of nitrogens with zero attached hydrogens (tertiary/aromatic N) is 2. The van der Waals surface area contributed by atoms with Crippen molar-refractivity contribution in [2.75, 3.05) is 26.2 Å². The first-order valence-corrected chi connectivity index (χ1v) is 8.51. The maximum Gasteiger partial charge on any atom is 0.0200 e. The molecule has 3 fully saturated rings. The Hall–Kier alpha value is -0.120. The van der Waals surface area contributed by atoms with Crippen LogP contribution in [0.5, 0.6) is 0 Å². The minimum Gasteiger partial charge on any atom is -0.314 e. The molecule has 110 valence electrons. The fourth-order valence-corrected chi connectivity index (χ4v) is 4.82. The second-order valence-electron chi connectivity index (χ2n) is 6.91. The largest absolute Gasteiger partial charge is 0.314 e. The molecule has 0 aliphatic carbocycles. The molecule has 3 heteroatoms. The van der Waals surface area contributed by atoms with Gasteiger partial charge in [0.1, 0.15) is 0 Å². The molecule has 0 aromatic heterocycles. The third-order valence-electron chi connectivity index (χ3n) is 5.51. The van der Waals surface area contributed by atoms with E-state index in [1.165, 1.54) is 58.2 Å². The number of piperidine rings is 1. The summed E-state index contributed by atoms with van der Waals surface area (Å²) in [5, 5.41) is 3.68. The van der Waals surface area contributed by atoms with E-state index >= 15 is 0 Å². The van der Waals surface area contributed by atoms with Crippen molar-refractivity contribution in [1.82, 2.24) is 15.1 Å². The molecule has 1 N–H and O–H groups in total. The lowest BCUT2D eigenvalue weighted by Gasteiger charge is -2.43. The smallest absolute Gasteiger partial charge is 0.0200 e. The summed E-state index contributed by atoms with van der Waals surface area (Å²) in [6.07, 6.45) is 8.49. The van der Waals surface area contributed by atoms with Crippen LogP contribution in [0.25, 0.3) is 0 Å². The maximum absolute atomic E-state index is 3.68. The molecule has 19 heavy (non-hydrogen) atoms. The SMILES string of the molecule is CCNC1CC2CCC(C1)N2C(C)CN1CCCC1. The van der Waals surface area contributed by atoms with Gasteiger partial charge in [0.2, 0.25) is 0 Å². The summed E-state index contributed by atoms with van der Waals surface area (Å²) in [4.78, 5) is 5.56. The second-order valence-corrected chi connectivity index (χ2v) is 6.91. The molecule has 3 unspecified atom stereocenters. The Balaban J connectivity index is 1.56. The molecular formula is C16H31N3. The fraction of sp³-hybridized carbons (Fsp3) is 1.00. The van der Waals surface area contributed by atoms with Gasteiger partial charge in [0.15, 0.2) is 0 Å². The molecule has 0 aromatic rings. The molecule has 2 bridgehead atoms. The van der Waals surface area contributed by atoms with Crippen molar-refractivity contribution in [1.29, 1.82) is 0 Å². The maximum atomic E-state index is 3.68. The number of rotatable bonds is 5. The van der Waals surface area contributed by atoms with E-state index in [1.807, 2.05) is 0 Å². The first-order chi connectivity index (χ1) is 9.28. The van der Waals surface area contributed by atoms with Crippen LogP contribution in [0.1, 0.15) is 52.4 Å².